The maximum absolute atomic E-state index is 13.8. The Kier molecular flexibility index (Phi) is 14.2. The quantitative estimate of drug-likeness (QED) is 0.0576. The molecule has 6 rings (SSSR count). The molecule has 0 bridgehead atoms. The van der Waals surface area contributed by atoms with Gasteiger partial charge in [0.2, 0.25) is 11.8 Å². The Hall–Kier alpha value is -5.99. The van der Waals surface area contributed by atoms with Crippen LogP contribution in [-0.2, 0) is 31.9 Å². The first-order valence-electron chi connectivity index (χ1n) is 20.6. The monoisotopic (exact) mass is 808 g/mol. The predicted molar refractivity (Wildman–Crippen MR) is 223 cm³/mol. The lowest BCUT2D eigenvalue weighted by Gasteiger charge is -2.28. The van der Waals surface area contributed by atoms with E-state index in [0.717, 1.165) is 102 Å². The highest BCUT2D eigenvalue weighted by Gasteiger charge is 2.37. The number of imidazole rings is 2. The summed E-state index contributed by atoms with van der Waals surface area (Å²) >= 11 is 0. The zero-order valence-electron chi connectivity index (χ0n) is 34.8. The van der Waals surface area contributed by atoms with Crippen LogP contribution >= 0.6 is 0 Å². The Morgan fingerprint density at radius 2 is 1.68 bits per heavy atom. The van der Waals surface area contributed by atoms with E-state index < -0.39 is 24.1 Å². The van der Waals surface area contributed by atoms with Crippen molar-refractivity contribution in [2.75, 3.05) is 27.3 Å². The molecule has 314 valence electrons. The second-order valence-electron chi connectivity index (χ2n) is 15.4. The normalized spacial score (nSPS) is 16.6. The van der Waals surface area contributed by atoms with Crippen molar-refractivity contribution in [2.45, 2.75) is 91.1 Å². The Morgan fingerprint density at radius 3 is 2.44 bits per heavy atom. The number of nitrogens with one attached hydrogen (secondary N) is 4. The number of ether oxygens (including phenoxy) is 3. The molecular weight excluding hydrogens is 753 g/mol. The number of hydrogen-bond acceptors (Lipinski definition) is 9. The number of aromatic nitrogens is 4. The summed E-state index contributed by atoms with van der Waals surface area (Å²) in [4.78, 5) is 72.0. The van der Waals surface area contributed by atoms with E-state index in [9.17, 15) is 19.2 Å². The molecule has 15 heteroatoms. The topological polar surface area (TPSA) is 193 Å². The number of carbonyl (C=O) groups is 4. The number of hydrogen-bond donors (Lipinski definition) is 4. The summed E-state index contributed by atoms with van der Waals surface area (Å²) in [6.07, 6.45) is 9.92. The molecule has 4 heterocycles. The average molecular weight is 809 g/mol. The number of methoxy groups -OCH3 is 2. The number of rotatable bonds is 16. The van der Waals surface area contributed by atoms with Crippen LogP contribution in [0.2, 0.25) is 0 Å². The summed E-state index contributed by atoms with van der Waals surface area (Å²) in [5.74, 6) is 2.36. The summed E-state index contributed by atoms with van der Waals surface area (Å²) < 4.78 is 15.8. The number of H-pyrrole nitrogens is 2. The fourth-order valence-electron chi connectivity index (χ4n) is 7.60. The van der Waals surface area contributed by atoms with Gasteiger partial charge in [-0.15, -0.1) is 0 Å². The van der Waals surface area contributed by atoms with E-state index in [-0.39, 0.29) is 29.7 Å². The molecule has 4 N–H and O–H groups in total. The second kappa shape index (κ2) is 19.6. The number of carbonyl (C=O) groups excluding carboxylic acids is 4. The van der Waals surface area contributed by atoms with Gasteiger partial charge in [0.25, 0.3) is 0 Å². The van der Waals surface area contributed by atoms with Gasteiger partial charge in [0.05, 0.1) is 50.0 Å². The van der Waals surface area contributed by atoms with Gasteiger partial charge in [-0.1, -0.05) is 52.7 Å². The van der Waals surface area contributed by atoms with Gasteiger partial charge in [0.1, 0.15) is 29.2 Å². The smallest absolute Gasteiger partial charge is 0.432 e. The molecule has 2 unspecified atom stereocenters. The average Bonchev–Trinajstić information content (AvgIpc) is 4.05. The molecular formula is C44H56N8O7. The molecule has 15 nitrogen and oxygen atoms in total. The first-order valence-corrected chi connectivity index (χ1v) is 20.6. The maximum atomic E-state index is 13.8. The molecule has 59 heavy (non-hydrogen) atoms. The van der Waals surface area contributed by atoms with Crippen LogP contribution in [0.5, 0.6) is 11.5 Å². The van der Waals surface area contributed by atoms with Gasteiger partial charge in [-0.25, -0.2) is 19.6 Å². The number of unbranched alkanes of at least 4 members (excludes halogenated alkanes) is 1. The molecule has 1 fully saturated rings. The summed E-state index contributed by atoms with van der Waals surface area (Å²) in [5.41, 5.74) is 5.84. The fourth-order valence-corrected chi connectivity index (χ4v) is 7.60. The third-order valence-electron chi connectivity index (χ3n) is 11.6. The van der Waals surface area contributed by atoms with Crippen molar-refractivity contribution in [3.8, 4) is 34.0 Å². The lowest BCUT2D eigenvalue weighted by Crippen LogP contribution is -2.50. The molecule has 4 aromatic rings. The van der Waals surface area contributed by atoms with E-state index in [2.05, 4.69) is 58.3 Å². The molecule has 0 aliphatic carbocycles. The summed E-state index contributed by atoms with van der Waals surface area (Å²) in [5, 5.41) is 5.58. The van der Waals surface area contributed by atoms with Gasteiger partial charge in [-0.3, -0.25) is 9.59 Å². The van der Waals surface area contributed by atoms with Crippen LogP contribution in [0, 0.1) is 17.8 Å². The van der Waals surface area contributed by atoms with Gasteiger partial charge in [-0.05, 0) is 72.9 Å². The minimum atomic E-state index is -0.721. The molecule has 5 atom stereocenters. The van der Waals surface area contributed by atoms with Gasteiger partial charge in [-0.2, -0.15) is 4.99 Å². The highest BCUT2D eigenvalue weighted by molar-refractivity contribution is 5.97. The third-order valence-corrected chi connectivity index (χ3v) is 11.6. The molecule has 2 aliphatic heterocycles. The van der Waals surface area contributed by atoms with E-state index in [0.29, 0.717) is 19.5 Å². The van der Waals surface area contributed by atoms with E-state index in [4.69, 9.17) is 9.72 Å². The largest absolute Gasteiger partial charge is 0.457 e. The van der Waals surface area contributed by atoms with Crippen LogP contribution in [0.1, 0.15) is 95.0 Å². The van der Waals surface area contributed by atoms with Crippen molar-refractivity contribution in [2.24, 2.45) is 22.7 Å². The fraction of sp³-hybridized carbons (Fsp3) is 0.477. The van der Waals surface area contributed by atoms with Crippen LogP contribution in [0.3, 0.4) is 0 Å². The highest BCUT2D eigenvalue weighted by atomic mass is 16.5. The molecule has 2 aliphatic rings. The summed E-state index contributed by atoms with van der Waals surface area (Å²) in [6, 6.07) is 11.5. The zero-order valence-corrected chi connectivity index (χ0v) is 34.8. The van der Waals surface area contributed by atoms with Gasteiger partial charge in [0, 0.05) is 43.3 Å². The van der Waals surface area contributed by atoms with Crippen molar-refractivity contribution in [3.05, 3.63) is 71.6 Å². The maximum Gasteiger partial charge on any atom is 0.432 e. The summed E-state index contributed by atoms with van der Waals surface area (Å²) in [6.45, 7) is 9.01. The Labute approximate surface area is 345 Å². The van der Waals surface area contributed by atoms with Crippen LogP contribution < -0.4 is 15.4 Å². The Morgan fingerprint density at radius 1 is 0.932 bits per heavy atom. The molecule has 4 amide bonds. The SMILES string of the molecule is CC[C@H](C)C(/C=N/C(=O)OC)C(=O)N1CCC[C@H]1c1ncc(-c2ccc3c(c2)Cc2ccc(-c4cnc(CCCCNC(=O)C(NC(=O)OC)[C@@H](C)CC)[nH]4)cc2O3)[nH]1. The lowest BCUT2D eigenvalue weighted by atomic mass is 9.91. The number of alkyl carbamates (subject to hydrolysis) is 1. The number of likely N-dealkylation sites (tertiary alicyclic amines) is 1. The van der Waals surface area contributed by atoms with E-state index in [1.807, 2.05) is 63.2 Å². The Bertz CT molecular complexity index is 2140. The molecule has 0 saturated carbocycles. The van der Waals surface area contributed by atoms with Crippen molar-refractivity contribution in [1.29, 1.82) is 0 Å². The molecule has 2 aromatic heterocycles. The van der Waals surface area contributed by atoms with Crippen LogP contribution in [0.25, 0.3) is 22.5 Å². The van der Waals surface area contributed by atoms with Gasteiger partial charge in [0.15, 0.2) is 0 Å². The Balaban J connectivity index is 1.04. The number of aryl methyl sites for hydroxylation is 1. The second-order valence-corrected chi connectivity index (χ2v) is 15.4. The molecule has 2 aromatic carbocycles. The first kappa shape index (κ1) is 42.6. The molecule has 1 saturated heterocycles. The standard InChI is InChI=1S/C44H56N8O7/c1-7-26(3)32(23-48-43(55)57-5)42(54)52-19-11-12-35(52)40-47-25-34(50-40)28-16-17-36-31(20-28)21-30-15-14-29(22-37(30)59-36)33-24-46-38(49-33)13-9-10-18-45-41(53)39(27(4)8-2)51-44(56)58-6/h14-17,20,22-27,32,35,39H,7-13,18-19,21H2,1-6H3,(H,45,53)(H,46,49)(H,47,50)(H,51,56)/b48-23+/t26-,27-,32?,35-,39?/m0/s1. The number of fused-ring (bicyclic) bond motifs is 2. The molecule has 0 radical (unpaired) electrons. The number of benzene rings is 2. The third kappa shape index (κ3) is 10.2. The van der Waals surface area contributed by atoms with Gasteiger partial charge < -0.3 is 39.7 Å². The van der Waals surface area contributed by atoms with Crippen LogP contribution in [-0.4, -0.2) is 88.4 Å². The van der Waals surface area contributed by atoms with Crippen molar-refractivity contribution >= 4 is 30.2 Å². The van der Waals surface area contributed by atoms with Crippen molar-refractivity contribution < 1.29 is 33.4 Å². The number of amides is 4. The summed E-state index contributed by atoms with van der Waals surface area (Å²) in [7, 11) is 2.55. The molecule has 0 spiro atoms. The highest BCUT2D eigenvalue weighted by Crippen LogP contribution is 2.41. The minimum Gasteiger partial charge on any atom is -0.457 e. The predicted octanol–water partition coefficient (Wildman–Crippen LogP) is 7.54. The van der Waals surface area contributed by atoms with Crippen molar-refractivity contribution in [1.82, 2.24) is 35.5 Å². The first-order chi connectivity index (χ1) is 28.5. The zero-order chi connectivity index (χ0) is 42.1. The van der Waals surface area contributed by atoms with E-state index in [1.54, 1.807) is 0 Å². The van der Waals surface area contributed by atoms with E-state index in [1.165, 1.54) is 20.4 Å². The number of nitrogens with zero attached hydrogens (tertiary/aromatic N) is 4. The minimum absolute atomic E-state index is 0.00166. The van der Waals surface area contributed by atoms with E-state index >= 15 is 0 Å². The number of aromatic amines is 2. The van der Waals surface area contributed by atoms with Gasteiger partial charge >= 0.3 is 12.2 Å². The lowest BCUT2D eigenvalue weighted by molar-refractivity contribution is -0.135. The van der Waals surface area contributed by atoms with Crippen LogP contribution in [0.4, 0.5) is 9.59 Å². The number of aliphatic imine (C=N–C) groups is 1. The van der Waals surface area contributed by atoms with Crippen molar-refractivity contribution in [3.63, 3.8) is 0 Å². The van der Waals surface area contributed by atoms with Crippen LogP contribution in [0.15, 0.2) is 53.8 Å².